The summed E-state index contributed by atoms with van der Waals surface area (Å²) >= 11 is 0. The molecule has 0 fully saturated rings. The van der Waals surface area contributed by atoms with Gasteiger partial charge in [-0.25, -0.2) is 8.78 Å². The highest BCUT2D eigenvalue weighted by Crippen LogP contribution is 2.17. The predicted molar refractivity (Wildman–Crippen MR) is 95.3 cm³/mol. The molecule has 2 amide bonds. The highest BCUT2D eigenvalue weighted by molar-refractivity contribution is 5.79. The van der Waals surface area contributed by atoms with Gasteiger partial charge in [0.05, 0.1) is 12.5 Å². The number of halogens is 2. The molecule has 2 atom stereocenters. The highest BCUT2D eigenvalue weighted by Gasteiger charge is 2.19. The zero-order valence-corrected chi connectivity index (χ0v) is 14.8. The third kappa shape index (κ3) is 5.65. The van der Waals surface area contributed by atoms with Crippen molar-refractivity contribution in [3.05, 3.63) is 71.3 Å². The van der Waals surface area contributed by atoms with Crippen LogP contribution >= 0.6 is 0 Å². The van der Waals surface area contributed by atoms with E-state index in [0.717, 1.165) is 5.56 Å². The maximum absolute atomic E-state index is 13.7. The van der Waals surface area contributed by atoms with Crippen LogP contribution < -0.4 is 10.6 Å². The van der Waals surface area contributed by atoms with Gasteiger partial charge in [0, 0.05) is 18.5 Å². The van der Waals surface area contributed by atoms with Gasteiger partial charge in [-0.05, 0) is 31.0 Å². The summed E-state index contributed by atoms with van der Waals surface area (Å²) in [6.07, 6.45) is 0.0775. The molecule has 0 heterocycles. The van der Waals surface area contributed by atoms with E-state index in [4.69, 9.17) is 0 Å². The molecule has 0 aromatic heterocycles. The van der Waals surface area contributed by atoms with Crippen LogP contribution in [0.15, 0.2) is 48.5 Å². The smallest absolute Gasteiger partial charge is 0.222 e. The monoisotopic (exact) mass is 360 g/mol. The van der Waals surface area contributed by atoms with Crippen LogP contribution in [-0.4, -0.2) is 17.9 Å². The maximum Gasteiger partial charge on any atom is 0.222 e. The molecule has 0 saturated carbocycles. The summed E-state index contributed by atoms with van der Waals surface area (Å²) in [6, 6.07) is 11.9. The Morgan fingerprint density at radius 2 is 1.58 bits per heavy atom. The molecule has 6 heteroatoms. The Bertz CT molecular complexity index is 745. The molecule has 2 aromatic carbocycles. The number of hydrogen-bond acceptors (Lipinski definition) is 2. The molecular weight excluding hydrogens is 338 g/mol. The normalized spacial score (nSPS) is 12.9. The molecule has 0 bridgehead atoms. The van der Waals surface area contributed by atoms with Crippen molar-refractivity contribution >= 4 is 11.8 Å². The summed E-state index contributed by atoms with van der Waals surface area (Å²) < 4.78 is 27.4. The molecule has 2 rings (SSSR count). The molecule has 26 heavy (non-hydrogen) atoms. The van der Waals surface area contributed by atoms with Gasteiger partial charge in [0.15, 0.2) is 0 Å². The Hall–Kier alpha value is -2.76. The van der Waals surface area contributed by atoms with Crippen LogP contribution in [0.2, 0.25) is 0 Å². The van der Waals surface area contributed by atoms with Crippen molar-refractivity contribution in [1.29, 1.82) is 0 Å². The number of benzene rings is 2. The van der Waals surface area contributed by atoms with Crippen LogP contribution in [0.3, 0.4) is 0 Å². The van der Waals surface area contributed by atoms with Crippen molar-refractivity contribution in [3.8, 4) is 0 Å². The molecule has 0 aliphatic rings. The molecule has 0 radical (unpaired) electrons. The summed E-state index contributed by atoms with van der Waals surface area (Å²) in [7, 11) is 0. The molecular formula is C20H22F2N2O2. The van der Waals surface area contributed by atoms with Crippen molar-refractivity contribution in [1.82, 2.24) is 10.6 Å². The van der Waals surface area contributed by atoms with Gasteiger partial charge in [0.25, 0.3) is 0 Å². The van der Waals surface area contributed by atoms with E-state index in [-0.39, 0.29) is 30.2 Å². The maximum atomic E-state index is 13.7. The zero-order valence-electron chi connectivity index (χ0n) is 14.8. The summed E-state index contributed by atoms with van der Waals surface area (Å²) in [6.45, 7) is 3.07. The van der Waals surface area contributed by atoms with Crippen LogP contribution in [0.4, 0.5) is 8.78 Å². The molecule has 0 aliphatic heterocycles. The summed E-state index contributed by atoms with van der Waals surface area (Å²) in [5.74, 6) is -1.82. The number of carbonyl (C=O) groups is 2. The predicted octanol–water partition coefficient (Wildman–Crippen LogP) is 3.28. The number of nitrogens with one attached hydrogen (secondary N) is 2. The number of carbonyl (C=O) groups excluding carboxylic acids is 2. The van der Waals surface area contributed by atoms with Gasteiger partial charge in [-0.15, -0.1) is 0 Å². The van der Waals surface area contributed by atoms with Gasteiger partial charge in [-0.2, -0.15) is 0 Å². The van der Waals surface area contributed by atoms with Crippen LogP contribution in [0, 0.1) is 11.6 Å². The van der Waals surface area contributed by atoms with Crippen molar-refractivity contribution in [3.63, 3.8) is 0 Å². The first kappa shape index (κ1) is 19.6. The van der Waals surface area contributed by atoms with Crippen LogP contribution in [-0.2, 0) is 16.0 Å². The Labute approximate surface area is 151 Å². The Morgan fingerprint density at radius 3 is 2.15 bits per heavy atom. The third-order valence-electron chi connectivity index (χ3n) is 3.95. The first-order chi connectivity index (χ1) is 12.4. The topological polar surface area (TPSA) is 58.2 Å². The first-order valence-corrected chi connectivity index (χ1v) is 8.41. The summed E-state index contributed by atoms with van der Waals surface area (Å²) in [4.78, 5) is 23.8. The fraction of sp³-hybridized carbons (Fsp3) is 0.300. The lowest BCUT2D eigenvalue weighted by Gasteiger charge is -2.20. The average molecular weight is 360 g/mol. The lowest BCUT2D eigenvalue weighted by Crippen LogP contribution is -2.38. The van der Waals surface area contributed by atoms with E-state index in [1.807, 2.05) is 30.3 Å². The summed E-state index contributed by atoms with van der Waals surface area (Å²) in [5, 5.41) is 5.48. The van der Waals surface area contributed by atoms with Gasteiger partial charge in [0.1, 0.15) is 11.6 Å². The van der Waals surface area contributed by atoms with Gasteiger partial charge in [-0.1, -0.05) is 36.4 Å². The molecule has 0 saturated heterocycles. The largest absolute Gasteiger partial charge is 0.353 e. The van der Waals surface area contributed by atoms with Crippen molar-refractivity contribution < 1.29 is 18.4 Å². The first-order valence-electron chi connectivity index (χ1n) is 8.41. The fourth-order valence-corrected chi connectivity index (χ4v) is 2.79. The fourth-order valence-electron chi connectivity index (χ4n) is 2.79. The Kier molecular flexibility index (Phi) is 6.83. The molecule has 0 spiro atoms. The van der Waals surface area contributed by atoms with Crippen LogP contribution in [0.1, 0.15) is 37.4 Å². The minimum Gasteiger partial charge on any atom is -0.353 e. The highest BCUT2D eigenvalue weighted by atomic mass is 19.1. The second kappa shape index (κ2) is 9.08. The van der Waals surface area contributed by atoms with E-state index >= 15 is 0 Å². The molecule has 2 aromatic rings. The lowest BCUT2D eigenvalue weighted by atomic mass is 10.0. The van der Waals surface area contributed by atoms with Crippen LogP contribution in [0.25, 0.3) is 0 Å². The lowest BCUT2D eigenvalue weighted by molar-refractivity contribution is -0.123. The number of rotatable bonds is 7. The van der Waals surface area contributed by atoms with E-state index in [2.05, 4.69) is 10.6 Å². The van der Waals surface area contributed by atoms with Crippen molar-refractivity contribution in [2.45, 2.75) is 38.8 Å². The van der Waals surface area contributed by atoms with E-state index in [9.17, 15) is 18.4 Å². The Balaban J connectivity index is 2.00. The van der Waals surface area contributed by atoms with Gasteiger partial charge < -0.3 is 10.6 Å². The van der Waals surface area contributed by atoms with E-state index in [1.54, 1.807) is 6.92 Å². The summed E-state index contributed by atoms with van der Waals surface area (Å²) in [5.41, 5.74) is 0.757. The SMILES string of the molecule is CC(=O)NC(CC(=O)NC(C)Cc1c(F)cccc1F)c1ccccc1. The Morgan fingerprint density at radius 1 is 0.962 bits per heavy atom. The molecule has 0 aliphatic carbocycles. The zero-order chi connectivity index (χ0) is 19.1. The number of amides is 2. The molecule has 2 N–H and O–H groups in total. The molecule has 2 unspecified atom stereocenters. The van der Waals surface area contributed by atoms with Gasteiger partial charge in [0.2, 0.25) is 11.8 Å². The number of hydrogen-bond donors (Lipinski definition) is 2. The molecule has 138 valence electrons. The van der Waals surface area contributed by atoms with Gasteiger partial charge in [-0.3, -0.25) is 9.59 Å². The minimum atomic E-state index is -0.633. The van der Waals surface area contributed by atoms with Crippen LogP contribution in [0.5, 0.6) is 0 Å². The van der Waals surface area contributed by atoms with E-state index < -0.39 is 23.7 Å². The second-order valence-electron chi connectivity index (χ2n) is 6.24. The van der Waals surface area contributed by atoms with Gasteiger partial charge >= 0.3 is 0 Å². The van der Waals surface area contributed by atoms with Crippen molar-refractivity contribution in [2.24, 2.45) is 0 Å². The standard InChI is InChI=1S/C20H22F2N2O2/c1-13(11-16-17(21)9-6-10-18(16)22)23-20(26)12-19(24-14(2)25)15-7-4-3-5-8-15/h3-10,13,19H,11-12H2,1-2H3,(H,23,26)(H,24,25). The quantitative estimate of drug-likeness (QED) is 0.796. The average Bonchev–Trinajstić information content (AvgIpc) is 2.58. The molecule has 4 nitrogen and oxygen atoms in total. The van der Waals surface area contributed by atoms with E-state index in [0.29, 0.717) is 0 Å². The van der Waals surface area contributed by atoms with Crippen molar-refractivity contribution in [2.75, 3.05) is 0 Å². The van der Waals surface area contributed by atoms with E-state index in [1.165, 1.54) is 25.1 Å². The third-order valence-corrected chi connectivity index (χ3v) is 3.95. The minimum absolute atomic E-state index is 0.0354. The second-order valence-corrected chi connectivity index (χ2v) is 6.24.